The molecule has 36 heavy (non-hydrogen) atoms. The Labute approximate surface area is 212 Å². The van der Waals surface area contributed by atoms with E-state index in [-0.39, 0.29) is 0 Å². The summed E-state index contributed by atoms with van der Waals surface area (Å²) in [5, 5.41) is 17.0. The first-order valence-electron chi connectivity index (χ1n) is 11.9. The summed E-state index contributed by atoms with van der Waals surface area (Å²) in [4.78, 5) is 2.30. The van der Waals surface area contributed by atoms with Crippen LogP contribution < -0.4 is 4.90 Å². The molecule has 0 saturated carbocycles. The van der Waals surface area contributed by atoms with Crippen molar-refractivity contribution in [3.8, 4) is 6.07 Å². The molecule has 0 aliphatic rings. The molecule has 0 amide bonds. The monoisotopic (exact) mass is 476 g/mol. The van der Waals surface area contributed by atoms with E-state index in [0.29, 0.717) is 5.56 Å². The molecule has 1 heterocycles. The third-order valence-electron chi connectivity index (χ3n) is 6.86. The topological polar surface area (TPSA) is 27.0 Å². The molecule has 0 radical (unpaired) electrons. The van der Waals surface area contributed by atoms with Crippen molar-refractivity contribution in [3.05, 3.63) is 127 Å². The van der Waals surface area contributed by atoms with Gasteiger partial charge < -0.3 is 4.90 Å². The highest BCUT2D eigenvalue weighted by atomic mass is 32.1. The Morgan fingerprint density at radius 2 is 1.25 bits per heavy atom. The lowest BCUT2D eigenvalue weighted by atomic mass is 9.99. The molecule has 2 nitrogen and oxygen atoms in total. The van der Waals surface area contributed by atoms with Crippen LogP contribution in [0.2, 0.25) is 0 Å². The average Bonchev–Trinajstić information content (AvgIpc) is 3.33. The van der Waals surface area contributed by atoms with E-state index in [1.165, 1.54) is 41.7 Å². The lowest BCUT2D eigenvalue weighted by Crippen LogP contribution is -2.10. The minimum Gasteiger partial charge on any atom is -0.310 e. The van der Waals surface area contributed by atoms with Gasteiger partial charge in [0, 0.05) is 36.9 Å². The standard InChI is InChI=1S/C33H20N2S/c34-21-22-14-17-25(18-15-22)35(24-9-2-1-3-10-24)30-20-31-32(28-13-7-6-12-27(28)30)29-19-16-23-8-4-5-11-26(23)33(29)36-31/h1-20H. The quantitative estimate of drug-likeness (QED) is 0.254. The number of anilines is 3. The van der Waals surface area contributed by atoms with Gasteiger partial charge in [-0.25, -0.2) is 0 Å². The molecule has 0 aliphatic heterocycles. The lowest BCUT2D eigenvalue weighted by molar-refractivity contribution is 1.30. The zero-order chi connectivity index (χ0) is 24.1. The van der Waals surface area contributed by atoms with Crippen molar-refractivity contribution in [1.82, 2.24) is 0 Å². The van der Waals surface area contributed by atoms with Gasteiger partial charge in [0.05, 0.1) is 17.3 Å². The van der Waals surface area contributed by atoms with Crippen molar-refractivity contribution in [1.29, 1.82) is 5.26 Å². The van der Waals surface area contributed by atoms with Gasteiger partial charge >= 0.3 is 0 Å². The first-order chi connectivity index (χ1) is 17.8. The molecule has 0 atom stereocenters. The Balaban J connectivity index is 1.59. The maximum Gasteiger partial charge on any atom is 0.0991 e. The predicted molar refractivity (Wildman–Crippen MR) is 154 cm³/mol. The van der Waals surface area contributed by atoms with Gasteiger partial charge in [-0.3, -0.25) is 0 Å². The third-order valence-corrected chi connectivity index (χ3v) is 8.04. The van der Waals surface area contributed by atoms with Gasteiger partial charge in [0.2, 0.25) is 0 Å². The zero-order valence-electron chi connectivity index (χ0n) is 19.3. The molecule has 0 saturated heterocycles. The molecule has 1 aromatic heterocycles. The van der Waals surface area contributed by atoms with Crippen LogP contribution in [0.1, 0.15) is 5.56 Å². The highest BCUT2D eigenvalue weighted by Gasteiger charge is 2.19. The van der Waals surface area contributed by atoms with Crippen LogP contribution in [0.3, 0.4) is 0 Å². The van der Waals surface area contributed by atoms with Crippen molar-refractivity contribution in [3.63, 3.8) is 0 Å². The van der Waals surface area contributed by atoms with E-state index >= 15 is 0 Å². The number of para-hydroxylation sites is 1. The number of benzene rings is 6. The summed E-state index contributed by atoms with van der Waals surface area (Å²) in [6.07, 6.45) is 0. The van der Waals surface area contributed by atoms with E-state index in [1.54, 1.807) is 0 Å². The zero-order valence-corrected chi connectivity index (χ0v) is 20.2. The van der Waals surface area contributed by atoms with Crippen molar-refractivity contribution in [2.45, 2.75) is 0 Å². The first kappa shape index (κ1) is 20.7. The number of hydrogen-bond donors (Lipinski definition) is 0. The van der Waals surface area contributed by atoms with Crippen LogP contribution in [0.15, 0.2) is 121 Å². The summed E-state index contributed by atoms with van der Waals surface area (Å²) in [5.74, 6) is 0. The summed E-state index contributed by atoms with van der Waals surface area (Å²) in [5.41, 5.74) is 3.89. The van der Waals surface area contributed by atoms with Crippen molar-refractivity contribution < 1.29 is 0 Å². The van der Waals surface area contributed by atoms with Crippen molar-refractivity contribution >= 4 is 70.1 Å². The SMILES string of the molecule is N#Cc1ccc(N(c2ccccc2)c2cc3sc4c5ccccc5ccc4c3c3ccccc23)cc1. The number of thiophene rings is 1. The Morgan fingerprint density at radius 1 is 0.583 bits per heavy atom. The van der Waals surface area contributed by atoms with E-state index in [1.807, 2.05) is 41.7 Å². The molecule has 0 aliphatic carbocycles. The van der Waals surface area contributed by atoms with Crippen LogP contribution >= 0.6 is 11.3 Å². The number of fused-ring (bicyclic) bond motifs is 7. The van der Waals surface area contributed by atoms with Crippen molar-refractivity contribution in [2.75, 3.05) is 4.90 Å². The van der Waals surface area contributed by atoms with Gasteiger partial charge in [0.25, 0.3) is 0 Å². The summed E-state index contributed by atoms with van der Waals surface area (Å²) < 4.78 is 2.60. The Bertz CT molecular complexity index is 1940. The second-order valence-electron chi connectivity index (χ2n) is 8.91. The Hall–Kier alpha value is -4.65. The average molecular weight is 477 g/mol. The normalized spacial score (nSPS) is 11.3. The van der Waals surface area contributed by atoms with Gasteiger partial charge in [0.1, 0.15) is 0 Å². The van der Waals surface area contributed by atoms with Crippen molar-refractivity contribution in [2.24, 2.45) is 0 Å². The van der Waals surface area contributed by atoms with E-state index < -0.39 is 0 Å². The van der Waals surface area contributed by atoms with Crippen LogP contribution in [0.25, 0.3) is 41.7 Å². The maximum atomic E-state index is 9.34. The fourth-order valence-electron chi connectivity index (χ4n) is 5.22. The van der Waals surface area contributed by atoms with E-state index in [0.717, 1.165) is 17.1 Å². The molecule has 168 valence electrons. The minimum atomic E-state index is 0.656. The highest BCUT2D eigenvalue weighted by Crippen LogP contribution is 2.47. The summed E-state index contributed by atoms with van der Waals surface area (Å²) in [6.45, 7) is 0. The number of rotatable bonds is 3. The van der Waals surface area contributed by atoms with Crippen LogP contribution in [0.4, 0.5) is 17.1 Å². The molecular weight excluding hydrogens is 456 g/mol. The molecule has 0 fully saturated rings. The number of nitrogens with zero attached hydrogens (tertiary/aromatic N) is 2. The molecule has 0 spiro atoms. The maximum absolute atomic E-state index is 9.34. The molecule has 0 bridgehead atoms. The predicted octanol–water partition coefficient (Wildman–Crippen LogP) is 9.70. The van der Waals surface area contributed by atoms with Crippen LogP contribution in [-0.4, -0.2) is 0 Å². The lowest BCUT2D eigenvalue weighted by Gasteiger charge is -2.27. The Morgan fingerprint density at radius 3 is 2.03 bits per heavy atom. The molecule has 0 N–H and O–H groups in total. The molecule has 7 rings (SSSR count). The molecular formula is C33H20N2S. The van der Waals surface area contributed by atoms with Gasteiger partial charge in [-0.1, -0.05) is 78.9 Å². The van der Waals surface area contributed by atoms with E-state index in [9.17, 15) is 5.26 Å². The van der Waals surface area contributed by atoms with Gasteiger partial charge in [-0.15, -0.1) is 11.3 Å². The van der Waals surface area contributed by atoms with Crippen LogP contribution in [0, 0.1) is 11.3 Å². The largest absolute Gasteiger partial charge is 0.310 e. The van der Waals surface area contributed by atoms with Gasteiger partial charge in [0.15, 0.2) is 0 Å². The smallest absolute Gasteiger partial charge is 0.0991 e. The second kappa shape index (κ2) is 8.23. The number of hydrogen-bond acceptors (Lipinski definition) is 3. The highest BCUT2D eigenvalue weighted by molar-refractivity contribution is 7.27. The molecule has 3 heteroatoms. The van der Waals surface area contributed by atoms with Crippen LogP contribution in [-0.2, 0) is 0 Å². The fraction of sp³-hybridized carbons (Fsp3) is 0. The third kappa shape index (κ3) is 3.16. The second-order valence-corrected chi connectivity index (χ2v) is 9.96. The van der Waals surface area contributed by atoms with E-state index in [4.69, 9.17) is 0 Å². The fourth-order valence-corrected chi connectivity index (χ4v) is 6.51. The first-order valence-corrected chi connectivity index (χ1v) is 12.7. The summed E-state index contributed by atoms with van der Waals surface area (Å²) in [7, 11) is 0. The summed E-state index contributed by atoms with van der Waals surface area (Å²) >= 11 is 1.86. The molecule has 6 aromatic carbocycles. The van der Waals surface area contributed by atoms with Gasteiger partial charge in [-0.05, 0) is 58.6 Å². The Kier molecular flexibility index (Phi) is 4.73. The minimum absolute atomic E-state index is 0.656. The molecule has 7 aromatic rings. The van der Waals surface area contributed by atoms with Crippen LogP contribution in [0.5, 0.6) is 0 Å². The summed E-state index contributed by atoms with van der Waals surface area (Å²) in [6, 6.07) is 44.7. The molecule has 0 unspecified atom stereocenters. The van der Waals surface area contributed by atoms with E-state index in [2.05, 4.69) is 102 Å². The van der Waals surface area contributed by atoms with Gasteiger partial charge in [-0.2, -0.15) is 5.26 Å². The number of nitriles is 1.